The maximum Gasteiger partial charge on any atom is 0.340 e. The van der Waals surface area contributed by atoms with Crippen LogP contribution in [0.25, 0.3) is 0 Å². The van der Waals surface area contributed by atoms with Gasteiger partial charge in [-0.2, -0.15) is 0 Å². The second kappa shape index (κ2) is 8.48. The summed E-state index contributed by atoms with van der Waals surface area (Å²) in [4.78, 5) is 24.1. The molecule has 0 unspecified atom stereocenters. The fourth-order valence-electron chi connectivity index (χ4n) is 2.05. The number of anilines is 1. The van der Waals surface area contributed by atoms with Gasteiger partial charge >= 0.3 is 5.97 Å². The summed E-state index contributed by atoms with van der Waals surface area (Å²) in [6.07, 6.45) is 0.994. The molecule has 6 nitrogen and oxygen atoms in total. The quantitative estimate of drug-likeness (QED) is 0.691. The smallest absolute Gasteiger partial charge is 0.340 e. The van der Waals surface area contributed by atoms with Crippen LogP contribution in [0.4, 0.5) is 5.69 Å². The Balaban J connectivity index is 2.10. The number of carbonyl (C=O) groups excluding carboxylic acids is 2. The van der Waals surface area contributed by atoms with Crippen LogP contribution in [0.15, 0.2) is 35.2 Å². The van der Waals surface area contributed by atoms with Crippen molar-refractivity contribution in [2.24, 2.45) is 0 Å². The molecule has 0 aliphatic heterocycles. The lowest BCUT2D eigenvalue weighted by atomic mass is 10.2. The van der Waals surface area contributed by atoms with E-state index in [1.807, 2.05) is 0 Å². The number of amides is 1. The van der Waals surface area contributed by atoms with Crippen molar-refractivity contribution in [3.63, 3.8) is 0 Å². The molecule has 0 spiro atoms. The molecular formula is C17H14Cl3NO5S. The number of carbonyl (C=O) groups is 2. The highest BCUT2D eigenvalue weighted by Gasteiger charge is 2.18. The molecule has 0 radical (unpaired) electrons. The molecule has 2 aromatic carbocycles. The normalized spacial score (nSPS) is 11.1. The van der Waals surface area contributed by atoms with E-state index in [2.05, 4.69) is 5.32 Å². The van der Waals surface area contributed by atoms with Gasteiger partial charge < -0.3 is 10.1 Å². The van der Waals surface area contributed by atoms with Crippen LogP contribution in [0.2, 0.25) is 15.1 Å². The number of hydrogen-bond donors (Lipinski definition) is 1. The lowest BCUT2D eigenvalue weighted by Gasteiger charge is -2.12. The molecule has 0 aliphatic rings. The van der Waals surface area contributed by atoms with Crippen LogP contribution in [0.3, 0.4) is 0 Å². The lowest BCUT2D eigenvalue weighted by molar-refractivity contribution is -0.119. The molecule has 27 heavy (non-hydrogen) atoms. The Kier molecular flexibility index (Phi) is 6.75. The summed E-state index contributed by atoms with van der Waals surface area (Å²) in [7, 11) is -3.54. The van der Waals surface area contributed by atoms with Crippen molar-refractivity contribution in [3.8, 4) is 0 Å². The van der Waals surface area contributed by atoms with Crippen molar-refractivity contribution in [1.82, 2.24) is 0 Å². The molecule has 0 heterocycles. The number of halogens is 3. The third kappa shape index (κ3) is 5.35. The van der Waals surface area contributed by atoms with Crippen LogP contribution < -0.4 is 5.32 Å². The first-order chi connectivity index (χ1) is 12.5. The zero-order valence-corrected chi connectivity index (χ0v) is 17.3. The monoisotopic (exact) mass is 449 g/mol. The summed E-state index contributed by atoms with van der Waals surface area (Å²) in [6.45, 7) is 1.10. The van der Waals surface area contributed by atoms with Gasteiger partial charge in [-0.15, -0.1) is 0 Å². The van der Waals surface area contributed by atoms with Gasteiger partial charge in [0.2, 0.25) is 0 Å². The number of benzene rings is 2. The van der Waals surface area contributed by atoms with Crippen molar-refractivity contribution in [2.75, 3.05) is 18.2 Å². The van der Waals surface area contributed by atoms with E-state index < -0.39 is 28.3 Å². The van der Waals surface area contributed by atoms with Gasteiger partial charge in [0.15, 0.2) is 16.4 Å². The minimum absolute atomic E-state index is 0.00224. The number of ether oxygens (including phenoxy) is 1. The highest BCUT2D eigenvalue weighted by atomic mass is 35.5. The predicted octanol–water partition coefficient (Wildman–Crippen LogP) is 4.15. The minimum atomic E-state index is -3.54. The van der Waals surface area contributed by atoms with Crippen LogP contribution >= 0.6 is 34.8 Å². The van der Waals surface area contributed by atoms with E-state index in [1.165, 1.54) is 12.1 Å². The summed E-state index contributed by atoms with van der Waals surface area (Å²) < 4.78 is 28.1. The fraction of sp³-hybridized carbons (Fsp3) is 0.176. The zero-order chi connectivity index (χ0) is 20.4. The van der Waals surface area contributed by atoms with Gasteiger partial charge in [0, 0.05) is 6.26 Å². The molecule has 2 rings (SSSR count). The van der Waals surface area contributed by atoms with Crippen LogP contribution in [0, 0.1) is 6.92 Å². The van der Waals surface area contributed by atoms with E-state index in [4.69, 9.17) is 39.5 Å². The molecule has 2 aromatic rings. The van der Waals surface area contributed by atoms with Gasteiger partial charge in [0.1, 0.15) is 0 Å². The van der Waals surface area contributed by atoms with E-state index in [1.54, 1.807) is 19.1 Å². The molecule has 0 aliphatic carbocycles. The number of esters is 1. The molecule has 144 valence electrons. The number of hydrogen-bond acceptors (Lipinski definition) is 5. The van der Waals surface area contributed by atoms with Crippen LogP contribution in [0.1, 0.15) is 15.9 Å². The second-order valence-electron chi connectivity index (χ2n) is 5.59. The van der Waals surface area contributed by atoms with Gasteiger partial charge in [-0.1, -0.05) is 40.9 Å². The molecule has 1 amide bonds. The molecule has 0 fully saturated rings. The maximum absolute atomic E-state index is 12.2. The minimum Gasteiger partial charge on any atom is -0.452 e. The number of aryl methyl sites for hydroxylation is 1. The topological polar surface area (TPSA) is 89.5 Å². The SMILES string of the molecule is Cc1ccc(Cl)c(NC(=O)COC(=O)c2cc(S(C)(=O)=O)ccc2Cl)c1Cl. The largest absolute Gasteiger partial charge is 0.452 e. The fourth-order valence-corrected chi connectivity index (χ4v) is 3.35. The van der Waals surface area contributed by atoms with E-state index in [0.29, 0.717) is 5.56 Å². The molecule has 0 atom stereocenters. The molecule has 0 aromatic heterocycles. The zero-order valence-electron chi connectivity index (χ0n) is 14.2. The number of rotatable bonds is 5. The maximum atomic E-state index is 12.2. The van der Waals surface area contributed by atoms with Crippen LogP contribution in [-0.2, 0) is 19.4 Å². The van der Waals surface area contributed by atoms with Crippen molar-refractivity contribution in [1.29, 1.82) is 0 Å². The summed E-state index contributed by atoms with van der Waals surface area (Å²) in [5.41, 5.74) is 0.744. The van der Waals surface area contributed by atoms with Gasteiger partial charge in [0.05, 0.1) is 31.2 Å². The highest BCUT2D eigenvalue weighted by molar-refractivity contribution is 7.90. The van der Waals surface area contributed by atoms with Crippen molar-refractivity contribution < 1.29 is 22.7 Å². The van der Waals surface area contributed by atoms with Gasteiger partial charge in [-0.3, -0.25) is 4.79 Å². The predicted molar refractivity (Wildman–Crippen MR) is 105 cm³/mol. The Morgan fingerprint density at radius 2 is 1.70 bits per heavy atom. The Labute approximate surface area is 171 Å². The summed E-state index contributed by atoms with van der Waals surface area (Å²) in [5.74, 6) is -1.62. The van der Waals surface area contributed by atoms with E-state index in [-0.39, 0.29) is 31.2 Å². The third-order valence-electron chi connectivity index (χ3n) is 3.47. The average Bonchev–Trinajstić information content (AvgIpc) is 2.59. The number of sulfone groups is 1. The summed E-state index contributed by atoms with van der Waals surface area (Å²) in [5, 5.41) is 2.97. The van der Waals surface area contributed by atoms with E-state index in [9.17, 15) is 18.0 Å². The van der Waals surface area contributed by atoms with Crippen molar-refractivity contribution >= 4 is 62.2 Å². The van der Waals surface area contributed by atoms with Crippen LogP contribution in [0.5, 0.6) is 0 Å². The van der Waals surface area contributed by atoms with E-state index >= 15 is 0 Å². The Morgan fingerprint density at radius 1 is 1.07 bits per heavy atom. The second-order valence-corrected chi connectivity index (χ2v) is 8.80. The first kappa shape index (κ1) is 21.5. The molecule has 1 N–H and O–H groups in total. The van der Waals surface area contributed by atoms with E-state index in [0.717, 1.165) is 12.3 Å². The molecule has 0 saturated heterocycles. The van der Waals surface area contributed by atoms with Crippen LogP contribution in [-0.4, -0.2) is 33.2 Å². The Morgan fingerprint density at radius 3 is 2.33 bits per heavy atom. The third-order valence-corrected chi connectivity index (χ3v) is 5.71. The molecular weight excluding hydrogens is 437 g/mol. The molecule has 10 heteroatoms. The molecule has 0 saturated carbocycles. The van der Waals surface area contributed by atoms with Gasteiger partial charge in [0.25, 0.3) is 5.91 Å². The Bertz CT molecular complexity index is 1020. The average molecular weight is 451 g/mol. The summed E-state index contributed by atoms with van der Waals surface area (Å²) >= 11 is 18.0. The first-order valence-corrected chi connectivity index (χ1v) is 10.4. The Hall–Kier alpha value is -1.80. The van der Waals surface area contributed by atoms with Gasteiger partial charge in [-0.05, 0) is 36.8 Å². The van der Waals surface area contributed by atoms with Gasteiger partial charge in [-0.25, -0.2) is 13.2 Å². The summed E-state index contributed by atoms with van der Waals surface area (Å²) in [6, 6.07) is 6.88. The first-order valence-electron chi connectivity index (χ1n) is 7.42. The lowest BCUT2D eigenvalue weighted by Crippen LogP contribution is -2.21. The standard InChI is InChI=1S/C17H14Cl3NO5S/c1-9-3-5-13(19)16(15(9)20)21-14(22)8-26-17(23)11-7-10(27(2,24)25)4-6-12(11)18/h3-7H,8H2,1-2H3,(H,21,22). The van der Waals surface area contributed by atoms with Crippen molar-refractivity contribution in [2.45, 2.75) is 11.8 Å². The number of nitrogens with one attached hydrogen (secondary N) is 1. The highest BCUT2D eigenvalue weighted by Crippen LogP contribution is 2.32. The molecule has 0 bridgehead atoms. The van der Waals surface area contributed by atoms with Crippen molar-refractivity contribution in [3.05, 3.63) is 56.5 Å².